The first-order valence-corrected chi connectivity index (χ1v) is 8.35. The van der Waals surface area contributed by atoms with Crippen LogP contribution in [0.3, 0.4) is 0 Å². The molecule has 0 bridgehead atoms. The maximum absolute atomic E-state index is 11.8. The Bertz CT molecular complexity index is 859. The number of ether oxygens (including phenoxy) is 4. The molecular formula is C20H22N2O6. The topological polar surface area (TPSA) is 123 Å². The predicted octanol–water partition coefficient (Wildman–Crippen LogP) is 2.42. The van der Waals surface area contributed by atoms with Crippen molar-refractivity contribution in [3.8, 4) is 17.2 Å². The first-order valence-electron chi connectivity index (χ1n) is 8.35. The summed E-state index contributed by atoms with van der Waals surface area (Å²) >= 11 is 0. The summed E-state index contributed by atoms with van der Waals surface area (Å²) in [6, 6.07) is 9.69. The fraction of sp³-hybridized carbons (Fsp3) is 0.200. The van der Waals surface area contributed by atoms with E-state index in [1.807, 2.05) is 0 Å². The number of hydrogen-bond donors (Lipinski definition) is 2. The van der Waals surface area contributed by atoms with Gasteiger partial charge < -0.3 is 30.4 Å². The summed E-state index contributed by atoms with van der Waals surface area (Å²) in [6.45, 7) is -0.125. The molecule has 0 aliphatic heterocycles. The zero-order valence-electron chi connectivity index (χ0n) is 15.6. The van der Waals surface area contributed by atoms with Crippen LogP contribution >= 0.6 is 0 Å². The number of methoxy groups -OCH3 is 2. The monoisotopic (exact) mass is 386 g/mol. The zero-order chi connectivity index (χ0) is 20.5. The first kappa shape index (κ1) is 20.6. The highest BCUT2D eigenvalue weighted by molar-refractivity contribution is 5.88. The molecule has 28 heavy (non-hydrogen) atoms. The van der Waals surface area contributed by atoms with Gasteiger partial charge in [-0.1, -0.05) is 0 Å². The third kappa shape index (κ3) is 6.24. The summed E-state index contributed by atoms with van der Waals surface area (Å²) in [5.74, 6) is 0.253. The van der Waals surface area contributed by atoms with Crippen molar-refractivity contribution in [2.24, 2.45) is 0 Å². The SMILES string of the molecule is COc1ccc(/C=C/C(=O)OCCC(=O)Oc2cc(N)cc(N)c2)c(OC)c1. The molecule has 0 unspecified atom stereocenters. The van der Waals surface area contributed by atoms with Crippen LogP contribution in [0, 0.1) is 0 Å². The predicted molar refractivity (Wildman–Crippen MR) is 105 cm³/mol. The molecule has 2 aromatic rings. The molecule has 0 fully saturated rings. The molecule has 0 amide bonds. The molecule has 0 radical (unpaired) electrons. The second kappa shape index (κ2) is 9.86. The smallest absolute Gasteiger partial charge is 0.330 e. The number of esters is 2. The fourth-order valence-electron chi connectivity index (χ4n) is 2.28. The van der Waals surface area contributed by atoms with Gasteiger partial charge in [0.2, 0.25) is 0 Å². The Hall–Kier alpha value is -3.68. The van der Waals surface area contributed by atoms with E-state index in [-0.39, 0.29) is 18.8 Å². The highest BCUT2D eigenvalue weighted by Crippen LogP contribution is 2.25. The molecule has 0 aromatic heterocycles. The molecule has 0 saturated carbocycles. The molecule has 148 valence electrons. The summed E-state index contributed by atoms with van der Waals surface area (Å²) in [4.78, 5) is 23.6. The molecule has 4 N–H and O–H groups in total. The Kier molecular flexibility index (Phi) is 7.27. The van der Waals surface area contributed by atoms with Gasteiger partial charge in [-0.3, -0.25) is 4.79 Å². The van der Waals surface area contributed by atoms with Crippen molar-refractivity contribution < 1.29 is 28.5 Å². The van der Waals surface area contributed by atoms with Gasteiger partial charge in [0.1, 0.15) is 23.9 Å². The van der Waals surface area contributed by atoms with Crippen LogP contribution in [0.5, 0.6) is 17.2 Å². The van der Waals surface area contributed by atoms with Gasteiger partial charge in [0.25, 0.3) is 0 Å². The quantitative estimate of drug-likeness (QED) is 0.307. The number of nitrogen functional groups attached to an aromatic ring is 2. The van der Waals surface area contributed by atoms with Crippen LogP contribution in [-0.2, 0) is 14.3 Å². The standard InChI is InChI=1S/C20H22N2O6/c1-25-16-5-3-13(18(12-16)26-2)4-6-19(23)27-8-7-20(24)28-17-10-14(21)9-15(22)11-17/h3-6,9-12H,7-8,21-22H2,1-2H3/b6-4+. The van der Waals surface area contributed by atoms with Crippen LogP contribution in [0.1, 0.15) is 12.0 Å². The Morgan fingerprint density at radius 2 is 1.68 bits per heavy atom. The molecule has 0 aliphatic rings. The van der Waals surface area contributed by atoms with Crippen molar-refractivity contribution in [3.63, 3.8) is 0 Å². The van der Waals surface area contributed by atoms with Crippen molar-refractivity contribution in [2.75, 3.05) is 32.3 Å². The molecule has 8 heteroatoms. The molecule has 2 aromatic carbocycles. The average Bonchev–Trinajstić information content (AvgIpc) is 2.65. The van der Waals surface area contributed by atoms with Crippen LogP contribution in [0.15, 0.2) is 42.5 Å². The third-order valence-electron chi connectivity index (χ3n) is 3.57. The summed E-state index contributed by atoms with van der Waals surface area (Å²) in [5.41, 5.74) is 12.7. The van der Waals surface area contributed by atoms with Gasteiger partial charge in [-0.15, -0.1) is 0 Å². The molecular weight excluding hydrogens is 364 g/mol. The van der Waals surface area contributed by atoms with E-state index in [1.54, 1.807) is 37.5 Å². The largest absolute Gasteiger partial charge is 0.497 e. The van der Waals surface area contributed by atoms with E-state index >= 15 is 0 Å². The fourth-order valence-corrected chi connectivity index (χ4v) is 2.28. The summed E-state index contributed by atoms with van der Waals surface area (Å²) in [7, 11) is 3.07. The number of nitrogens with two attached hydrogens (primary N) is 2. The van der Waals surface area contributed by atoms with E-state index in [9.17, 15) is 9.59 Å². The van der Waals surface area contributed by atoms with Crippen molar-refractivity contribution >= 4 is 29.4 Å². The summed E-state index contributed by atoms with van der Waals surface area (Å²) < 4.78 is 20.5. The highest BCUT2D eigenvalue weighted by Gasteiger charge is 2.08. The van der Waals surface area contributed by atoms with Crippen molar-refractivity contribution in [1.29, 1.82) is 0 Å². The Balaban J connectivity index is 1.82. The lowest BCUT2D eigenvalue weighted by molar-refractivity contribution is -0.141. The number of carbonyl (C=O) groups is 2. The van der Waals surface area contributed by atoms with Crippen LogP contribution in [0.2, 0.25) is 0 Å². The van der Waals surface area contributed by atoms with Crippen LogP contribution in [0.25, 0.3) is 6.08 Å². The second-order valence-corrected chi connectivity index (χ2v) is 5.67. The van der Waals surface area contributed by atoms with E-state index in [1.165, 1.54) is 25.3 Å². The lowest BCUT2D eigenvalue weighted by Gasteiger charge is -2.07. The Morgan fingerprint density at radius 3 is 2.32 bits per heavy atom. The first-order chi connectivity index (χ1) is 13.4. The van der Waals surface area contributed by atoms with Crippen LogP contribution in [0.4, 0.5) is 11.4 Å². The number of hydrogen-bond acceptors (Lipinski definition) is 8. The van der Waals surface area contributed by atoms with Gasteiger partial charge in [0.15, 0.2) is 0 Å². The molecule has 0 aliphatic carbocycles. The van der Waals surface area contributed by atoms with Crippen molar-refractivity contribution in [2.45, 2.75) is 6.42 Å². The van der Waals surface area contributed by atoms with E-state index in [4.69, 9.17) is 30.4 Å². The zero-order valence-corrected chi connectivity index (χ0v) is 15.6. The molecule has 0 saturated heterocycles. The van der Waals surface area contributed by atoms with E-state index in [2.05, 4.69) is 0 Å². The molecule has 0 heterocycles. The minimum Gasteiger partial charge on any atom is -0.497 e. The normalized spacial score (nSPS) is 10.5. The lowest BCUT2D eigenvalue weighted by atomic mass is 10.2. The van der Waals surface area contributed by atoms with Gasteiger partial charge >= 0.3 is 11.9 Å². The van der Waals surface area contributed by atoms with Crippen LogP contribution in [-0.4, -0.2) is 32.8 Å². The summed E-state index contributed by atoms with van der Waals surface area (Å²) in [5, 5.41) is 0. The molecule has 2 rings (SSSR count). The minimum atomic E-state index is -0.598. The van der Waals surface area contributed by atoms with Crippen LogP contribution < -0.4 is 25.7 Å². The average molecular weight is 386 g/mol. The molecule has 0 atom stereocenters. The number of anilines is 2. The van der Waals surface area contributed by atoms with E-state index < -0.39 is 11.9 Å². The summed E-state index contributed by atoms with van der Waals surface area (Å²) in [6.07, 6.45) is 2.68. The number of benzene rings is 2. The van der Waals surface area contributed by atoms with Crippen molar-refractivity contribution in [1.82, 2.24) is 0 Å². The minimum absolute atomic E-state index is 0.111. The number of rotatable bonds is 8. The molecule has 8 nitrogen and oxygen atoms in total. The van der Waals surface area contributed by atoms with E-state index in [0.717, 1.165) is 0 Å². The Labute approximate surface area is 162 Å². The number of carbonyl (C=O) groups excluding carboxylic acids is 2. The van der Waals surface area contributed by atoms with Gasteiger partial charge in [0.05, 0.1) is 20.6 Å². The van der Waals surface area contributed by atoms with Gasteiger partial charge in [-0.2, -0.15) is 0 Å². The lowest BCUT2D eigenvalue weighted by Crippen LogP contribution is -2.13. The second-order valence-electron chi connectivity index (χ2n) is 5.67. The highest BCUT2D eigenvalue weighted by atomic mass is 16.5. The van der Waals surface area contributed by atoms with Gasteiger partial charge in [0, 0.05) is 41.2 Å². The molecule has 0 spiro atoms. The van der Waals surface area contributed by atoms with Gasteiger partial charge in [-0.05, 0) is 24.3 Å². The Morgan fingerprint density at radius 1 is 0.964 bits per heavy atom. The maximum atomic E-state index is 11.8. The van der Waals surface area contributed by atoms with E-state index in [0.29, 0.717) is 28.4 Å². The van der Waals surface area contributed by atoms with Crippen molar-refractivity contribution in [3.05, 3.63) is 48.0 Å². The van der Waals surface area contributed by atoms with Gasteiger partial charge in [-0.25, -0.2) is 4.79 Å². The maximum Gasteiger partial charge on any atom is 0.330 e. The third-order valence-corrected chi connectivity index (χ3v) is 3.57.